The Morgan fingerprint density at radius 2 is 1.59 bits per heavy atom. The van der Waals surface area contributed by atoms with Gasteiger partial charge in [0.2, 0.25) is 17.8 Å². The van der Waals surface area contributed by atoms with Crippen LogP contribution in [0.5, 0.6) is 5.75 Å². The Morgan fingerprint density at radius 3 is 2.24 bits per heavy atom. The molecule has 4 amide bonds. The number of para-hydroxylation sites is 1. The number of likely N-dealkylation sites (tertiary alicyclic amines) is 3. The lowest BCUT2D eigenvalue weighted by molar-refractivity contribution is -0.142. The lowest BCUT2D eigenvalue weighted by Gasteiger charge is -2.49. The first kappa shape index (κ1) is 54.9. The molecule has 0 radical (unpaired) electrons. The number of hydrogen-bond acceptors (Lipinski definition) is 15. The van der Waals surface area contributed by atoms with Crippen molar-refractivity contribution in [1.82, 2.24) is 50.5 Å². The van der Waals surface area contributed by atoms with E-state index in [4.69, 9.17) is 9.97 Å². The van der Waals surface area contributed by atoms with Gasteiger partial charge in [-0.05, 0) is 137 Å². The molecule has 0 unspecified atom stereocenters. The van der Waals surface area contributed by atoms with Crippen molar-refractivity contribution in [1.29, 1.82) is 0 Å². The number of nitrogens with one attached hydrogen (secondary N) is 3. The third kappa shape index (κ3) is 12.1. The summed E-state index contributed by atoms with van der Waals surface area (Å²) in [5.74, 6) is 1.44. The van der Waals surface area contributed by atoms with Crippen molar-refractivity contribution >= 4 is 46.6 Å². The number of nitrogens with zero attached hydrogens (tertiary/aromatic N) is 10. The molecule has 1 spiro atoms. The van der Waals surface area contributed by atoms with E-state index in [9.17, 15) is 24.6 Å². The summed E-state index contributed by atoms with van der Waals surface area (Å²) >= 11 is 1.59. The number of aryl methyl sites for hydroxylation is 1. The van der Waals surface area contributed by atoms with Crippen molar-refractivity contribution < 1.29 is 24.6 Å². The molecule has 2 aromatic carbocycles. The van der Waals surface area contributed by atoms with Crippen LogP contribution >= 0.6 is 11.3 Å². The molecule has 5 fully saturated rings. The van der Waals surface area contributed by atoms with Crippen LogP contribution in [0.25, 0.3) is 21.7 Å². The maximum absolute atomic E-state index is 14.4. The van der Waals surface area contributed by atoms with Gasteiger partial charge in [0.15, 0.2) is 5.82 Å². The molecule has 7 heterocycles. The number of aromatic nitrogens is 5. The molecule has 4 atom stereocenters. The summed E-state index contributed by atoms with van der Waals surface area (Å²) in [6.07, 6.45) is 12.1. The molecule has 3 aromatic heterocycles. The van der Waals surface area contributed by atoms with E-state index < -0.39 is 23.6 Å². The second-order valence-corrected chi connectivity index (χ2v) is 24.5. The van der Waals surface area contributed by atoms with Gasteiger partial charge in [0.25, 0.3) is 0 Å². The molecular formula is C59H79N13O5S. The fraction of sp³-hybridized carbons (Fsp3) is 0.559. The standard InChI is InChI=1S/C59H79N13O5S/c1-7-60-53-48(31-47(66-67-53)46-10-8-9-11-50(46)74)71-29-28-70(35-38(71)2)56-62-33-43(34-63-56)41-18-24-68(25-19-41)44-16-20-59(21-17-44)22-26-69(27-23-59)57(77)65-52(58(4,5)6)55(76)72-36-45(73)30-49(72)54(75)61-32-40-12-14-42(15-13-40)51-39(3)64-37-78-51/h8-15,31,33-34,37-38,41,44-45,49,52,73-74H,7,16-30,32,35-36H2,1-6H3,(H,60,67)(H,61,75)(H,65,77)/t38-,45+,49-,52+/m0/s1. The van der Waals surface area contributed by atoms with Crippen LogP contribution in [0.4, 0.5) is 22.2 Å². The number of carbonyl (C=O) groups is 3. The summed E-state index contributed by atoms with van der Waals surface area (Å²) in [7, 11) is 0. The highest BCUT2D eigenvalue weighted by Crippen LogP contribution is 2.46. The zero-order valence-corrected chi connectivity index (χ0v) is 47.1. The third-order valence-corrected chi connectivity index (χ3v) is 18.5. The lowest BCUT2D eigenvalue weighted by Crippen LogP contribution is -2.60. The molecule has 5 aliphatic rings. The minimum Gasteiger partial charge on any atom is -0.507 e. The SMILES string of the molecule is CCNc1nnc(-c2ccccc2O)cc1N1CCN(c2ncc(C3CCN(C4CCC5(CC4)CCN(C(=O)N[C@H](C(=O)N4C[C@H](O)C[C@H]4C(=O)NCc4ccc(-c6scnc6C)cc4)C(C)(C)C)CC5)CC3)cn2)C[C@@H]1C. The second-order valence-electron chi connectivity index (χ2n) is 23.7. The maximum atomic E-state index is 14.4. The summed E-state index contributed by atoms with van der Waals surface area (Å²) in [4.78, 5) is 68.0. The topological polar surface area (TPSA) is 208 Å². The molecule has 18 nitrogen and oxygen atoms in total. The first-order valence-corrected chi connectivity index (χ1v) is 29.2. The van der Waals surface area contributed by atoms with Crippen LogP contribution in [0.1, 0.15) is 115 Å². The smallest absolute Gasteiger partial charge is 0.318 e. The van der Waals surface area contributed by atoms with Crippen LogP contribution in [0.3, 0.4) is 0 Å². The normalized spacial score (nSPS) is 21.9. The number of thiazole rings is 1. The molecule has 5 aromatic rings. The number of aromatic hydroxyl groups is 1. The largest absolute Gasteiger partial charge is 0.507 e. The van der Waals surface area contributed by atoms with Crippen molar-refractivity contribution in [2.45, 2.75) is 142 Å². The van der Waals surface area contributed by atoms with Gasteiger partial charge in [-0.1, -0.05) is 57.2 Å². The molecule has 78 heavy (non-hydrogen) atoms. The number of β-amino-alcohol motifs (C(OH)–C–C–N with tert-alkyl or cyclic N) is 1. The number of hydrogen-bond donors (Lipinski definition) is 5. The van der Waals surface area contributed by atoms with Crippen LogP contribution in [-0.2, 0) is 16.1 Å². The highest BCUT2D eigenvalue weighted by atomic mass is 32.1. The van der Waals surface area contributed by atoms with E-state index in [2.05, 4.69) is 65.1 Å². The highest BCUT2D eigenvalue weighted by Gasteiger charge is 2.46. The summed E-state index contributed by atoms with van der Waals surface area (Å²) in [6.45, 7) is 18.8. The Hall–Kier alpha value is -6.44. The Labute approximate surface area is 463 Å². The first-order chi connectivity index (χ1) is 37.6. The number of urea groups is 1. The molecular weight excluding hydrogens is 1000 g/mol. The maximum Gasteiger partial charge on any atom is 0.318 e. The van der Waals surface area contributed by atoms with Gasteiger partial charge in [-0.3, -0.25) is 9.59 Å². The Balaban J connectivity index is 0.663. The Morgan fingerprint density at radius 1 is 0.872 bits per heavy atom. The lowest BCUT2D eigenvalue weighted by atomic mass is 9.66. The van der Waals surface area contributed by atoms with E-state index in [-0.39, 0.29) is 54.6 Å². The van der Waals surface area contributed by atoms with E-state index in [1.165, 1.54) is 23.3 Å². The van der Waals surface area contributed by atoms with E-state index in [1.54, 1.807) is 23.5 Å². The molecule has 0 bridgehead atoms. The molecule has 5 N–H and O–H groups in total. The van der Waals surface area contributed by atoms with Crippen molar-refractivity contribution in [2.75, 3.05) is 74.0 Å². The number of carbonyl (C=O) groups excluding carboxylic acids is 3. The van der Waals surface area contributed by atoms with Crippen molar-refractivity contribution in [3.8, 4) is 27.4 Å². The van der Waals surface area contributed by atoms with Gasteiger partial charge >= 0.3 is 6.03 Å². The predicted octanol–water partition coefficient (Wildman–Crippen LogP) is 7.82. The molecule has 19 heteroatoms. The predicted molar refractivity (Wildman–Crippen MR) is 305 cm³/mol. The zero-order valence-electron chi connectivity index (χ0n) is 46.3. The average Bonchev–Trinajstić information content (AvgIpc) is 4.10. The number of piperidine rings is 2. The summed E-state index contributed by atoms with van der Waals surface area (Å²) in [6, 6.07) is 16.0. The van der Waals surface area contributed by atoms with Crippen LogP contribution in [0, 0.1) is 17.8 Å². The number of amides is 4. The van der Waals surface area contributed by atoms with Crippen LogP contribution in [-0.4, -0.2) is 157 Å². The van der Waals surface area contributed by atoms with E-state index in [0.29, 0.717) is 36.3 Å². The van der Waals surface area contributed by atoms with Gasteiger partial charge in [0.1, 0.15) is 17.8 Å². The van der Waals surface area contributed by atoms with Gasteiger partial charge in [-0.2, -0.15) is 0 Å². The molecule has 4 aliphatic heterocycles. The van der Waals surface area contributed by atoms with Crippen molar-refractivity contribution in [3.05, 3.63) is 89.3 Å². The number of aliphatic hydroxyl groups excluding tert-OH is 1. The molecule has 416 valence electrons. The van der Waals surface area contributed by atoms with Crippen molar-refractivity contribution in [3.63, 3.8) is 0 Å². The molecule has 1 saturated carbocycles. The fourth-order valence-electron chi connectivity index (χ4n) is 12.8. The highest BCUT2D eigenvalue weighted by molar-refractivity contribution is 7.13. The van der Waals surface area contributed by atoms with Gasteiger partial charge in [0, 0.05) is 88.8 Å². The minimum atomic E-state index is -0.880. The monoisotopic (exact) mass is 1080 g/mol. The number of anilines is 3. The minimum absolute atomic E-state index is 0.0354. The molecule has 10 rings (SSSR count). The molecule has 1 aliphatic carbocycles. The van der Waals surface area contributed by atoms with Gasteiger partial charge < -0.3 is 50.7 Å². The Kier molecular flexibility index (Phi) is 16.5. The number of benzene rings is 2. The number of aliphatic hydroxyl groups is 1. The molecule has 4 saturated heterocycles. The zero-order chi connectivity index (χ0) is 54.7. The number of phenolic OH excluding ortho intramolecular Hbond substituents is 1. The quantitative estimate of drug-likeness (QED) is 0.0762. The number of piperazine rings is 1. The fourth-order valence-corrected chi connectivity index (χ4v) is 13.6. The first-order valence-electron chi connectivity index (χ1n) is 28.3. The second kappa shape index (κ2) is 23.5. The van der Waals surface area contributed by atoms with Crippen LogP contribution in [0.2, 0.25) is 0 Å². The van der Waals surface area contributed by atoms with Crippen LogP contribution < -0.4 is 25.8 Å². The summed E-state index contributed by atoms with van der Waals surface area (Å²) < 4.78 is 0. The van der Waals surface area contributed by atoms with Gasteiger partial charge in [-0.25, -0.2) is 19.7 Å². The summed E-state index contributed by atoms with van der Waals surface area (Å²) in [5.41, 5.74) is 7.87. The number of rotatable bonds is 13. The van der Waals surface area contributed by atoms with Gasteiger partial charge in [0.05, 0.1) is 33.6 Å². The van der Waals surface area contributed by atoms with Gasteiger partial charge in [-0.15, -0.1) is 21.5 Å². The number of phenols is 1. The third-order valence-electron chi connectivity index (χ3n) is 17.5. The van der Waals surface area contributed by atoms with Crippen LogP contribution in [0.15, 0.2) is 72.5 Å². The van der Waals surface area contributed by atoms with Crippen molar-refractivity contribution in [2.24, 2.45) is 10.8 Å². The summed E-state index contributed by atoms with van der Waals surface area (Å²) in [5, 5.41) is 39.8. The van der Waals surface area contributed by atoms with E-state index in [1.807, 2.05) is 87.5 Å². The average molecular weight is 1080 g/mol. The van der Waals surface area contributed by atoms with E-state index >= 15 is 0 Å². The van der Waals surface area contributed by atoms with E-state index in [0.717, 1.165) is 117 Å². The Bertz CT molecular complexity index is 2870.